The largest absolute Gasteiger partial charge is 0.477 e. The quantitative estimate of drug-likeness (QED) is 0.824. The van der Waals surface area contributed by atoms with Crippen LogP contribution in [0, 0.1) is 11.8 Å². The van der Waals surface area contributed by atoms with Crippen LogP contribution in [0.15, 0.2) is 17.2 Å². The number of hydrogen-bond donors (Lipinski definition) is 2. The van der Waals surface area contributed by atoms with Gasteiger partial charge in [-0.25, -0.2) is 17.9 Å². The van der Waals surface area contributed by atoms with E-state index in [2.05, 4.69) is 11.6 Å². The number of aromatic carboxylic acids is 1. The first kappa shape index (κ1) is 13.1. The SMILES string of the molecule is CC1CC1CNS(=O)(=O)c1cc(C(=O)O)n(C)c1. The van der Waals surface area contributed by atoms with E-state index in [1.54, 1.807) is 0 Å². The van der Waals surface area contributed by atoms with Gasteiger partial charge < -0.3 is 9.67 Å². The molecule has 1 heterocycles. The monoisotopic (exact) mass is 272 g/mol. The molecule has 2 unspecified atom stereocenters. The Hall–Kier alpha value is -1.34. The first-order chi connectivity index (χ1) is 8.31. The maximum atomic E-state index is 11.9. The third-order valence-electron chi connectivity index (χ3n) is 3.32. The van der Waals surface area contributed by atoms with Crippen molar-refractivity contribution >= 4 is 16.0 Å². The van der Waals surface area contributed by atoms with Crippen LogP contribution >= 0.6 is 0 Å². The van der Waals surface area contributed by atoms with E-state index in [4.69, 9.17) is 5.11 Å². The minimum atomic E-state index is -3.61. The van der Waals surface area contributed by atoms with Gasteiger partial charge in [0.15, 0.2) is 0 Å². The van der Waals surface area contributed by atoms with E-state index in [0.717, 1.165) is 6.42 Å². The van der Waals surface area contributed by atoms with Gasteiger partial charge in [-0.2, -0.15) is 0 Å². The third-order valence-corrected chi connectivity index (χ3v) is 4.71. The molecule has 7 heteroatoms. The predicted molar refractivity (Wildman–Crippen MR) is 64.8 cm³/mol. The van der Waals surface area contributed by atoms with E-state index in [-0.39, 0.29) is 10.6 Å². The molecule has 1 fully saturated rings. The van der Waals surface area contributed by atoms with Crippen LogP contribution in [0.25, 0.3) is 0 Å². The molecule has 2 atom stereocenters. The topological polar surface area (TPSA) is 88.4 Å². The first-order valence-electron chi connectivity index (χ1n) is 5.70. The normalized spacial score (nSPS) is 23.0. The van der Waals surface area contributed by atoms with Gasteiger partial charge in [0, 0.05) is 19.8 Å². The highest BCUT2D eigenvalue weighted by atomic mass is 32.2. The van der Waals surface area contributed by atoms with Crippen molar-refractivity contribution in [3.63, 3.8) is 0 Å². The molecule has 2 rings (SSSR count). The van der Waals surface area contributed by atoms with Gasteiger partial charge in [-0.15, -0.1) is 0 Å². The Labute approximate surface area is 106 Å². The van der Waals surface area contributed by atoms with Crippen molar-refractivity contribution in [1.82, 2.24) is 9.29 Å². The van der Waals surface area contributed by atoms with Gasteiger partial charge in [0.1, 0.15) is 10.6 Å². The summed E-state index contributed by atoms with van der Waals surface area (Å²) >= 11 is 0. The Morgan fingerprint density at radius 3 is 2.67 bits per heavy atom. The maximum absolute atomic E-state index is 11.9. The van der Waals surface area contributed by atoms with Crippen molar-refractivity contribution in [2.75, 3.05) is 6.54 Å². The molecule has 18 heavy (non-hydrogen) atoms. The van der Waals surface area contributed by atoms with Crippen LogP contribution < -0.4 is 4.72 Å². The van der Waals surface area contributed by atoms with Gasteiger partial charge in [0.25, 0.3) is 0 Å². The van der Waals surface area contributed by atoms with Gasteiger partial charge in [0.05, 0.1) is 0 Å². The number of aryl methyl sites for hydroxylation is 1. The van der Waals surface area contributed by atoms with Gasteiger partial charge in [0.2, 0.25) is 10.0 Å². The minimum Gasteiger partial charge on any atom is -0.477 e. The third kappa shape index (κ3) is 2.56. The van der Waals surface area contributed by atoms with Crippen LogP contribution in [0.1, 0.15) is 23.8 Å². The van der Waals surface area contributed by atoms with Gasteiger partial charge in [-0.1, -0.05) is 6.92 Å². The van der Waals surface area contributed by atoms with Crippen LogP contribution in [-0.4, -0.2) is 30.6 Å². The molecule has 0 bridgehead atoms. The Morgan fingerprint density at radius 2 is 2.22 bits per heavy atom. The Balaban J connectivity index is 2.14. The molecule has 1 aromatic rings. The molecular formula is C11H16N2O4S. The second kappa shape index (κ2) is 4.40. The maximum Gasteiger partial charge on any atom is 0.352 e. The van der Waals surface area contributed by atoms with Crippen molar-refractivity contribution in [2.45, 2.75) is 18.2 Å². The van der Waals surface area contributed by atoms with E-state index in [9.17, 15) is 13.2 Å². The van der Waals surface area contributed by atoms with Crippen LogP contribution in [0.4, 0.5) is 0 Å². The van der Waals surface area contributed by atoms with Gasteiger partial charge in [-0.3, -0.25) is 0 Å². The highest BCUT2D eigenvalue weighted by molar-refractivity contribution is 7.89. The molecule has 0 amide bonds. The van der Waals surface area contributed by atoms with Crippen molar-refractivity contribution < 1.29 is 18.3 Å². The molecule has 0 saturated heterocycles. The Morgan fingerprint density at radius 1 is 1.61 bits per heavy atom. The van der Waals surface area contributed by atoms with Crippen LogP contribution in [-0.2, 0) is 17.1 Å². The lowest BCUT2D eigenvalue weighted by molar-refractivity contribution is 0.0686. The second-order valence-electron chi connectivity index (χ2n) is 4.80. The number of carboxylic acid groups (broad SMARTS) is 1. The average molecular weight is 272 g/mol. The molecule has 1 aliphatic rings. The molecule has 0 aromatic carbocycles. The molecule has 1 aliphatic carbocycles. The summed E-state index contributed by atoms with van der Waals surface area (Å²) in [6.45, 7) is 2.49. The molecule has 1 saturated carbocycles. The van der Waals surface area contributed by atoms with E-state index in [1.165, 1.54) is 23.9 Å². The molecule has 6 nitrogen and oxygen atoms in total. The molecular weight excluding hydrogens is 256 g/mol. The summed E-state index contributed by atoms with van der Waals surface area (Å²) in [5.41, 5.74) is -0.0461. The van der Waals surface area contributed by atoms with E-state index in [0.29, 0.717) is 18.4 Å². The molecule has 1 aromatic heterocycles. The standard InChI is InChI=1S/C11H16N2O4S/c1-7-3-8(7)5-12-18(16,17)9-4-10(11(14)15)13(2)6-9/h4,6-8,12H,3,5H2,1-2H3,(H,14,15). The summed E-state index contributed by atoms with van der Waals surface area (Å²) < 4.78 is 27.7. The van der Waals surface area contributed by atoms with Crippen LogP contribution in [0.3, 0.4) is 0 Å². The predicted octanol–water partition coefficient (Wildman–Crippen LogP) is 0.658. The van der Waals surface area contributed by atoms with Crippen molar-refractivity contribution in [1.29, 1.82) is 0 Å². The fraction of sp³-hybridized carbons (Fsp3) is 0.545. The van der Waals surface area contributed by atoms with Crippen molar-refractivity contribution in [3.8, 4) is 0 Å². The zero-order chi connectivity index (χ0) is 13.5. The van der Waals surface area contributed by atoms with Crippen LogP contribution in [0.2, 0.25) is 0 Å². The number of carbonyl (C=O) groups is 1. The summed E-state index contributed by atoms with van der Waals surface area (Å²) in [4.78, 5) is 10.8. The highest BCUT2D eigenvalue weighted by Crippen LogP contribution is 2.37. The molecule has 0 spiro atoms. The lowest BCUT2D eigenvalue weighted by atomic mass is 10.3. The van der Waals surface area contributed by atoms with Gasteiger partial charge >= 0.3 is 5.97 Å². The number of hydrogen-bond acceptors (Lipinski definition) is 3. The zero-order valence-corrected chi connectivity index (χ0v) is 11.1. The van der Waals surface area contributed by atoms with Crippen LogP contribution in [0.5, 0.6) is 0 Å². The Kier molecular flexibility index (Phi) is 3.20. The van der Waals surface area contributed by atoms with E-state index >= 15 is 0 Å². The summed E-state index contributed by atoms with van der Waals surface area (Å²) in [6.07, 6.45) is 2.35. The number of carboxylic acids is 1. The summed E-state index contributed by atoms with van der Waals surface area (Å²) in [7, 11) is -2.10. The lowest BCUT2D eigenvalue weighted by Crippen LogP contribution is -2.25. The number of nitrogens with zero attached hydrogens (tertiary/aromatic N) is 1. The fourth-order valence-electron chi connectivity index (χ4n) is 1.88. The molecule has 2 N–H and O–H groups in total. The lowest BCUT2D eigenvalue weighted by Gasteiger charge is -2.03. The summed E-state index contributed by atoms with van der Waals surface area (Å²) in [5, 5.41) is 8.87. The fourth-order valence-corrected chi connectivity index (χ4v) is 3.04. The molecule has 0 radical (unpaired) electrons. The number of nitrogens with one attached hydrogen (secondary N) is 1. The van der Waals surface area contributed by atoms with Gasteiger partial charge in [-0.05, 0) is 24.3 Å². The summed E-state index contributed by atoms with van der Waals surface area (Å²) in [5.74, 6) is -0.171. The number of sulfonamides is 1. The molecule has 0 aliphatic heterocycles. The minimum absolute atomic E-state index is 0.00398. The van der Waals surface area contributed by atoms with E-state index < -0.39 is 16.0 Å². The van der Waals surface area contributed by atoms with Crippen molar-refractivity contribution in [3.05, 3.63) is 18.0 Å². The van der Waals surface area contributed by atoms with Crippen molar-refractivity contribution in [2.24, 2.45) is 18.9 Å². The van der Waals surface area contributed by atoms with E-state index in [1.807, 2.05) is 0 Å². The Bertz CT molecular complexity index is 576. The summed E-state index contributed by atoms with van der Waals surface area (Å²) in [6, 6.07) is 1.17. The highest BCUT2D eigenvalue weighted by Gasteiger charge is 2.33. The number of aromatic nitrogens is 1. The zero-order valence-electron chi connectivity index (χ0n) is 10.3. The smallest absolute Gasteiger partial charge is 0.352 e. The number of rotatable bonds is 5. The second-order valence-corrected chi connectivity index (χ2v) is 6.57. The average Bonchev–Trinajstić information content (AvgIpc) is 2.80. The first-order valence-corrected chi connectivity index (χ1v) is 7.19. The molecule has 100 valence electrons.